The van der Waals surface area contributed by atoms with E-state index in [2.05, 4.69) is 70.2 Å². The first kappa shape index (κ1) is 17.0. The average molecular weight is 273 g/mol. The van der Waals surface area contributed by atoms with E-state index in [0.29, 0.717) is 0 Å². The second-order valence-electron chi connectivity index (χ2n) is 5.83. The summed E-state index contributed by atoms with van der Waals surface area (Å²) >= 11 is 0. The normalized spacial score (nSPS) is 15.4. The van der Waals surface area contributed by atoms with Gasteiger partial charge in [0.15, 0.2) is 0 Å². The Morgan fingerprint density at radius 2 is 1.65 bits per heavy atom. The van der Waals surface area contributed by atoms with Crippen LogP contribution in [0.3, 0.4) is 0 Å². The summed E-state index contributed by atoms with van der Waals surface area (Å²) < 4.78 is 0. The van der Waals surface area contributed by atoms with Gasteiger partial charge in [-0.1, -0.05) is 69.7 Å². The topological polar surface area (TPSA) is 26.0 Å². The van der Waals surface area contributed by atoms with Gasteiger partial charge in [-0.15, -0.1) is 0 Å². The summed E-state index contributed by atoms with van der Waals surface area (Å²) in [5.74, 6) is 0. The van der Waals surface area contributed by atoms with E-state index < -0.39 is 0 Å². The lowest BCUT2D eigenvalue weighted by Gasteiger charge is -2.48. The largest absolute Gasteiger partial charge is 0.324 e. The van der Waals surface area contributed by atoms with Crippen molar-refractivity contribution in [2.45, 2.75) is 70.8 Å². The molecule has 2 N–H and O–H groups in total. The standard InChI is InChI=1S/C19H31N/c1-5-9-16-19(20,15-6-2)18(7-3,8-4)17-13-11-10-12-14-17/h5,9-14H,6-8,15-16,20H2,1-4H3/b9-5-. The van der Waals surface area contributed by atoms with Gasteiger partial charge in [0.25, 0.3) is 0 Å². The van der Waals surface area contributed by atoms with E-state index in [1.807, 2.05) is 0 Å². The van der Waals surface area contributed by atoms with Crippen LogP contribution in [-0.4, -0.2) is 5.54 Å². The van der Waals surface area contributed by atoms with Crippen molar-refractivity contribution in [3.8, 4) is 0 Å². The Balaban J connectivity index is 3.33. The Kier molecular flexibility index (Phi) is 6.48. The number of hydrogen-bond acceptors (Lipinski definition) is 1. The van der Waals surface area contributed by atoms with Gasteiger partial charge >= 0.3 is 0 Å². The second-order valence-corrected chi connectivity index (χ2v) is 5.83. The van der Waals surface area contributed by atoms with Crippen LogP contribution < -0.4 is 5.73 Å². The van der Waals surface area contributed by atoms with Crippen LogP contribution in [0.15, 0.2) is 42.5 Å². The third-order valence-electron chi connectivity index (χ3n) is 4.90. The molecule has 0 saturated carbocycles. The summed E-state index contributed by atoms with van der Waals surface area (Å²) in [5.41, 5.74) is 8.26. The van der Waals surface area contributed by atoms with Crippen LogP contribution in [0.2, 0.25) is 0 Å². The Hall–Kier alpha value is -1.08. The van der Waals surface area contributed by atoms with Gasteiger partial charge in [0.05, 0.1) is 0 Å². The predicted octanol–water partition coefficient (Wildman–Crippen LogP) is 5.21. The van der Waals surface area contributed by atoms with E-state index in [0.717, 1.165) is 32.1 Å². The molecule has 0 spiro atoms. The van der Waals surface area contributed by atoms with Crippen LogP contribution in [0.4, 0.5) is 0 Å². The molecule has 1 nitrogen and oxygen atoms in total. The Bertz CT molecular complexity index is 403. The molecule has 0 heterocycles. The molecule has 1 heteroatoms. The molecular weight excluding hydrogens is 242 g/mol. The summed E-state index contributed by atoms with van der Waals surface area (Å²) in [6, 6.07) is 10.9. The van der Waals surface area contributed by atoms with Crippen molar-refractivity contribution in [3.05, 3.63) is 48.0 Å². The van der Waals surface area contributed by atoms with Gasteiger partial charge in [-0.25, -0.2) is 0 Å². The van der Waals surface area contributed by atoms with Gasteiger partial charge in [0.1, 0.15) is 0 Å². The minimum absolute atomic E-state index is 0.0593. The van der Waals surface area contributed by atoms with Gasteiger partial charge in [-0.2, -0.15) is 0 Å². The fraction of sp³-hybridized carbons (Fsp3) is 0.579. The van der Waals surface area contributed by atoms with Gasteiger partial charge in [0, 0.05) is 11.0 Å². The molecule has 112 valence electrons. The van der Waals surface area contributed by atoms with Crippen molar-refractivity contribution in [2.75, 3.05) is 0 Å². The summed E-state index contributed by atoms with van der Waals surface area (Å²) in [6.07, 6.45) is 9.67. The molecule has 0 saturated heterocycles. The quantitative estimate of drug-likeness (QED) is 0.647. The molecule has 1 unspecified atom stereocenters. The smallest absolute Gasteiger partial charge is 0.0286 e. The molecule has 0 aromatic heterocycles. The first-order valence-electron chi connectivity index (χ1n) is 8.05. The maximum absolute atomic E-state index is 6.98. The monoisotopic (exact) mass is 273 g/mol. The molecule has 1 atom stereocenters. The van der Waals surface area contributed by atoms with Crippen molar-refractivity contribution in [1.82, 2.24) is 0 Å². The fourth-order valence-corrected chi connectivity index (χ4v) is 3.72. The zero-order chi connectivity index (χ0) is 15.1. The van der Waals surface area contributed by atoms with E-state index in [4.69, 9.17) is 5.73 Å². The minimum Gasteiger partial charge on any atom is -0.324 e. The molecule has 0 amide bonds. The number of nitrogens with two attached hydrogens (primary N) is 1. The van der Waals surface area contributed by atoms with Crippen molar-refractivity contribution >= 4 is 0 Å². The van der Waals surface area contributed by atoms with Crippen molar-refractivity contribution in [3.63, 3.8) is 0 Å². The first-order valence-corrected chi connectivity index (χ1v) is 8.05. The molecule has 0 radical (unpaired) electrons. The summed E-state index contributed by atoms with van der Waals surface area (Å²) in [7, 11) is 0. The molecule has 0 aliphatic carbocycles. The number of allylic oxidation sites excluding steroid dienone is 1. The zero-order valence-electron chi connectivity index (χ0n) is 13.7. The average Bonchev–Trinajstić information content (AvgIpc) is 2.48. The summed E-state index contributed by atoms with van der Waals surface area (Å²) in [6.45, 7) is 8.87. The zero-order valence-corrected chi connectivity index (χ0v) is 13.7. The Labute approximate surface area is 125 Å². The lowest BCUT2D eigenvalue weighted by atomic mass is 9.59. The lowest BCUT2D eigenvalue weighted by Crippen LogP contribution is -2.57. The molecule has 1 rings (SSSR count). The van der Waals surface area contributed by atoms with E-state index >= 15 is 0 Å². The molecular formula is C19H31N. The van der Waals surface area contributed by atoms with Crippen molar-refractivity contribution in [1.29, 1.82) is 0 Å². The molecule has 0 bridgehead atoms. The highest BCUT2D eigenvalue weighted by molar-refractivity contribution is 5.31. The van der Waals surface area contributed by atoms with Gasteiger partial charge in [-0.3, -0.25) is 0 Å². The maximum Gasteiger partial charge on any atom is 0.0286 e. The van der Waals surface area contributed by atoms with Crippen LogP contribution in [0.5, 0.6) is 0 Å². The third-order valence-corrected chi connectivity index (χ3v) is 4.90. The van der Waals surface area contributed by atoms with Crippen LogP contribution in [-0.2, 0) is 5.41 Å². The SMILES string of the molecule is C/C=C\CC(N)(CCC)C(CC)(CC)c1ccccc1. The van der Waals surface area contributed by atoms with Gasteiger partial charge < -0.3 is 5.73 Å². The van der Waals surface area contributed by atoms with Crippen LogP contribution in [0.25, 0.3) is 0 Å². The first-order chi connectivity index (χ1) is 9.60. The molecule has 0 aliphatic rings. The Morgan fingerprint density at radius 3 is 2.10 bits per heavy atom. The van der Waals surface area contributed by atoms with Crippen molar-refractivity contribution < 1.29 is 0 Å². The van der Waals surface area contributed by atoms with Crippen LogP contribution in [0.1, 0.15) is 65.4 Å². The van der Waals surface area contributed by atoms with Gasteiger partial charge in [0.2, 0.25) is 0 Å². The molecule has 1 aromatic carbocycles. The van der Waals surface area contributed by atoms with E-state index in [9.17, 15) is 0 Å². The summed E-state index contributed by atoms with van der Waals surface area (Å²) in [4.78, 5) is 0. The Morgan fingerprint density at radius 1 is 1.05 bits per heavy atom. The van der Waals surface area contributed by atoms with E-state index in [1.165, 1.54) is 5.56 Å². The molecule has 0 aliphatic heterocycles. The van der Waals surface area contributed by atoms with Crippen LogP contribution in [0, 0.1) is 0 Å². The minimum atomic E-state index is -0.168. The maximum atomic E-state index is 6.98. The lowest BCUT2D eigenvalue weighted by molar-refractivity contribution is 0.183. The number of benzene rings is 1. The van der Waals surface area contributed by atoms with Gasteiger partial charge in [-0.05, 0) is 38.2 Å². The third kappa shape index (κ3) is 3.15. The second kappa shape index (κ2) is 7.64. The number of hydrogen-bond donors (Lipinski definition) is 1. The highest BCUT2D eigenvalue weighted by Gasteiger charge is 2.45. The van der Waals surface area contributed by atoms with Crippen molar-refractivity contribution in [2.24, 2.45) is 5.73 Å². The molecule has 1 aromatic rings. The number of rotatable bonds is 8. The van der Waals surface area contributed by atoms with E-state index in [-0.39, 0.29) is 11.0 Å². The predicted molar refractivity (Wildman–Crippen MR) is 90.0 cm³/mol. The van der Waals surface area contributed by atoms with E-state index in [1.54, 1.807) is 0 Å². The highest BCUT2D eigenvalue weighted by Crippen LogP contribution is 2.44. The van der Waals surface area contributed by atoms with Crippen LogP contribution >= 0.6 is 0 Å². The fourth-order valence-electron chi connectivity index (χ4n) is 3.72. The molecule has 20 heavy (non-hydrogen) atoms. The molecule has 0 fully saturated rings. The summed E-state index contributed by atoms with van der Waals surface area (Å²) in [5, 5.41) is 0. The highest BCUT2D eigenvalue weighted by atomic mass is 14.8.